The third-order valence-electron chi connectivity index (χ3n) is 2.79. The molecular formula is C12H13BrFN3O2S2. The molecule has 0 aliphatic carbocycles. The van der Waals surface area contributed by atoms with Crippen molar-refractivity contribution in [3.05, 3.63) is 39.0 Å². The summed E-state index contributed by atoms with van der Waals surface area (Å²) in [6.45, 7) is 1.97. The van der Waals surface area contributed by atoms with E-state index < -0.39 is 20.7 Å². The number of nitrogens with one attached hydrogen (secondary N) is 1. The fourth-order valence-corrected chi connectivity index (χ4v) is 3.87. The van der Waals surface area contributed by atoms with E-state index in [2.05, 4.69) is 25.6 Å². The van der Waals surface area contributed by atoms with Gasteiger partial charge in [0.15, 0.2) is 0 Å². The van der Waals surface area contributed by atoms with E-state index in [1.165, 1.54) is 11.3 Å². The predicted molar refractivity (Wildman–Crippen MR) is 84.2 cm³/mol. The molecule has 114 valence electrons. The number of nitrogens with zero attached hydrogens (tertiary/aromatic N) is 1. The van der Waals surface area contributed by atoms with Crippen LogP contribution in [-0.2, 0) is 10.0 Å². The van der Waals surface area contributed by atoms with Crippen LogP contribution in [0.4, 0.5) is 10.1 Å². The van der Waals surface area contributed by atoms with Crippen molar-refractivity contribution in [3.8, 4) is 0 Å². The van der Waals surface area contributed by atoms with Gasteiger partial charge in [0, 0.05) is 34.2 Å². The molecule has 1 unspecified atom stereocenters. The first kappa shape index (κ1) is 16.3. The van der Waals surface area contributed by atoms with Crippen molar-refractivity contribution in [1.82, 2.24) is 9.71 Å². The van der Waals surface area contributed by atoms with Crippen LogP contribution < -0.4 is 10.5 Å². The predicted octanol–water partition coefficient (Wildman–Crippen LogP) is 2.71. The van der Waals surface area contributed by atoms with Gasteiger partial charge in [-0.15, -0.1) is 11.3 Å². The highest BCUT2D eigenvalue weighted by Gasteiger charge is 2.22. The van der Waals surface area contributed by atoms with Crippen molar-refractivity contribution < 1.29 is 12.8 Å². The summed E-state index contributed by atoms with van der Waals surface area (Å²) in [6.07, 6.45) is 1.65. The van der Waals surface area contributed by atoms with Crippen molar-refractivity contribution in [2.45, 2.75) is 17.7 Å². The second-order valence-electron chi connectivity index (χ2n) is 4.43. The average molecular weight is 394 g/mol. The zero-order valence-electron chi connectivity index (χ0n) is 11.0. The molecule has 0 bridgehead atoms. The second-order valence-corrected chi connectivity index (χ2v) is 7.94. The summed E-state index contributed by atoms with van der Waals surface area (Å²) in [5, 5.41) is 2.63. The number of sulfonamides is 1. The summed E-state index contributed by atoms with van der Waals surface area (Å²) in [6, 6.07) is 2.13. The maximum absolute atomic E-state index is 13.8. The smallest absolute Gasteiger partial charge is 0.243 e. The van der Waals surface area contributed by atoms with E-state index in [1.807, 2.05) is 12.3 Å². The van der Waals surface area contributed by atoms with Crippen LogP contribution in [0.25, 0.3) is 0 Å². The van der Waals surface area contributed by atoms with Crippen LogP contribution in [0.1, 0.15) is 17.8 Å². The molecule has 0 aliphatic heterocycles. The Hall–Kier alpha value is -1.03. The number of hydrogen-bond acceptors (Lipinski definition) is 5. The fraction of sp³-hybridized carbons (Fsp3) is 0.250. The SMILES string of the molecule is CC(CNS(=O)(=O)c1cc(N)c(Br)cc1F)c1nccs1. The number of benzene rings is 1. The Balaban J connectivity index is 2.17. The average Bonchev–Trinajstić information content (AvgIpc) is 2.94. The zero-order valence-corrected chi connectivity index (χ0v) is 14.2. The summed E-state index contributed by atoms with van der Waals surface area (Å²) in [7, 11) is -3.97. The molecule has 0 radical (unpaired) electrons. The molecule has 0 aliphatic rings. The van der Waals surface area contributed by atoms with E-state index in [0.29, 0.717) is 4.47 Å². The minimum Gasteiger partial charge on any atom is -0.398 e. The molecule has 0 fully saturated rings. The molecule has 1 heterocycles. The second kappa shape index (κ2) is 6.39. The first-order chi connectivity index (χ1) is 9.81. The molecular weight excluding hydrogens is 381 g/mol. The third-order valence-corrected chi connectivity index (χ3v) is 5.93. The van der Waals surface area contributed by atoms with Crippen molar-refractivity contribution in [1.29, 1.82) is 0 Å². The Morgan fingerprint density at radius 1 is 1.52 bits per heavy atom. The van der Waals surface area contributed by atoms with Gasteiger partial charge in [-0.1, -0.05) is 6.92 Å². The van der Waals surface area contributed by atoms with Gasteiger partial charge in [-0.2, -0.15) is 0 Å². The minimum atomic E-state index is -3.97. The lowest BCUT2D eigenvalue weighted by atomic mass is 10.2. The van der Waals surface area contributed by atoms with Gasteiger partial charge in [0.05, 0.1) is 5.01 Å². The summed E-state index contributed by atoms with van der Waals surface area (Å²) < 4.78 is 40.8. The molecule has 0 saturated heterocycles. The Morgan fingerprint density at radius 3 is 2.86 bits per heavy atom. The molecule has 0 amide bonds. The number of hydrogen-bond donors (Lipinski definition) is 2. The van der Waals surface area contributed by atoms with E-state index in [1.54, 1.807) is 6.20 Å². The van der Waals surface area contributed by atoms with Gasteiger partial charge in [0.2, 0.25) is 10.0 Å². The summed E-state index contributed by atoms with van der Waals surface area (Å²) in [4.78, 5) is 3.65. The molecule has 1 aromatic carbocycles. The number of thiazole rings is 1. The monoisotopic (exact) mass is 393 g/mol. The first-order valence-corrected chi connectivity index (χ1v) is 9.10. The molecule has 21 heavy (non-hydrogen) atoms. The molecule has 9 heteroatoms. The number of rotatable bonds is 5. The van der Waals surface area contributed by atoms with Gasteiger partial charge in [-0.25, -0.2) is 22.5 Å². The van der Waals surface area contributed by atoms with E-state index in [-0.39, 0.29) is 18.2 Å². The molecule has 2 rings (SSSR count). The Labute approximate surface area is 134 Å². The zero-order chi connectivity index (χ0) is 15.6. The normalized spacial score (nSPS) is 13.3. The van der Waals surface area contributed by atoms with Crippen LogP contribution in [0.15, 0.2) is 33.1 Å². The standard InChI is InChI=1S/C12H13BrFN3O2S2/c1-7(12-16-2-3-20-12)6-17-21(18,19)11-5-10(15)8(13)4-9(11)14/h2-5,7,17H,6,15H2,1H3. The molecule has 5 nitrogen and oxygen atoms in total. The van der Waals surface area contributed by atoms with E-state index in [9.17, 15) is 12.8 Å². The molecule has 0 spiro atoms. The number of nitrogen functional groups attached to an aromatic ring is 1. The molecule has 2 aromatic rings. The number of anilines is 1. The highest BCUT2D eigenvalue weighted by atomic mass is 79.9. The van der Waals surface area contributed by atoms with Gasteiger partial charge >= 0.3 is 0 Å². The van der Waals surface area contributed by atoms with Crippen LogP contribution >= 0.6 is 27.3 Å². The Morgan fingerprint density at radius 2 is 2.24 bits per heavy atom. The van der Waals surface area contributed by atoms with E-state index in [0.717, 1.165) is 17.1 Å². The van der Waals surface area contributed by atoms with Crippen LogP contribution in [0.5, 0.6) is 0 Å². The Bertz CT molecular complexity index is 735. The topological polar surface area (TPSA) is 85.1 Å². The van der Waals surface area contributed by atoms with Gasteiger partial charge in [0.25, 0.3) is 0 Å². The van der Waals surface area contributed by atoms with E-state index >= 15 is 0 Å². The van der Waals surface area contributed by atoms with E-state index in [4.69, 9.17) is 5.73 Å². The maximum Gasteiger partial charge on any atom is 0.243 e. The lowest BCUT2D eigenvalue weighted by molar-refractivity contribution is 0.552. The maximum atomic E-state index is 13.8. The van der Waals surface area contributed by atoms with Crippen LogP contribution in [0.2, 0.25) is 0 Å². The fourth-order valence-electron chi connectivity index (χ4n) is 1.63. The number of nitrogens with two attached hydrogens (primary N) is 1. The highest BCUT2D eigenvalue weighted by Crippen LogP contribution is 2.26. The minimum absolute atomic E-state index is 0.101. The molecule has 1 atom stereocenters. The summed E-state index contributed by atoms with van der Waals surface area (Å²) in [5.74, 6) is -0.957. The van der Waals surface area contributed by atoms with Gasteiger partial charge < -0.3 is 5.73 Å². The van der Waals surface area contributed by atoms with Crippen molar-refractivity contribution in [2.75, 3.05) is 12.3 Å². The van der Waals surface area contributed by atoms with Gasteiger partial charge in [-0.3, -0.25) is 0 Å². The third kappa shape index (κ3) is 3.79. The summed E-state index contributed by atoms with van der Waals surface area (Å²) >= 11 is 4.49. The van der Waals surface area contributed by atoms with Crippen LogP contribution in [-0.4, -0.2) is 19.9 Å². The summed E-state index contributed by atoms with van der Waals surface area (Å²) in [5.41, 5.74) is 5.76. The van der Waals surface area contributed by atoms with Crippen LogP contribution in [0, 0.1) is 5.82 Å². The molecule has 0 saturated carbocycles. The number of aromatic nitrogens is 1. The lowest BCUT2D eigenvalue weighted by Gasteiger charge is -2.12. The Kier molecular flexibility index (Phi) is 4.97. The van der Waals surface area contributed by atoms with Gasteiger partial charge in [0.1, 0.15) is 10.7 Å². The van der Waals surface area contributed by atoms with Crippen molar-refractivity contribution in [2.24, 2.45) is 0 Å². The highest BCUT2D eigenvalue weighted by molar-refractivity contribution is 9.10. The van der Waals surface area contributed by atoms with Crippen molar-refractivity contribution in [3.63, 3.8) is 0 Å². The van der Waals surface area contributed by atoms with Gasteiger partial charge in [-0.05, 0) is 28.1 Å². The first-order valence-electron chi connectivity index (χ1n) is 5.95. The largest absolute Gasteiger partial charge is 0.398 e. The molecule has 3 N–H and O–H groups in total. The van der Waals surface area contributed by atoms with Crippen molar-refractivity contribution >= 4 is 43.0 Å². The quantitative estimate of drug-likeness (QED) is 0.764. The number of halogens is 2. The lowest BCUT2D eigenvalue weighted by Crippen LogP contribution is -2.28. The van der Waals surface area contributed by atoms with Crippen LogP contribution in [0.3, 0.4) is 0 Å². The molecule has 1 aromatic heterocycles.